The molecule has 0 heterocycles. The van der Waals surface area contributed by atoms with Gasteiger partial charge in [0.15, 0.2) is 0 Å². The number of hydrogen-bond acceptors (Lipinski definition) is 4. The van der Waals surface area contributed by atoms with E-state index in [0.29, 0.717) is 6.42 Å². The zero-order valence-corrected chi connectivity index (χ0v) is 20.1. The second kappa shape index (κ2) is 19.2. The average Bonchev–Trinajstić information content (AvgIpc) is 2.66. The molecule has 8 heteroatoms. The van der Waals surface area contributed by atoms with Crippen molar-refractivity contribution in [2.45, 2.75) is 116 Å². The van der Waals surface area contributed by atoms with Crippen LogP contribution in [0.5, 0.6) is 0 Å². The predicted octanol–water partition coefficient (Wildman–Crippen LogP) is 5.08. The Morgan fingerprint density at radius 2 is 1.27 bits per heavy atom. The summed E-state index contributed by atoms with van der Waals surface area (Å²) < 4.78 is 14.7. The van der Waals surface area contributed by atoms with E-state index in [1.54, 1.807) is 0 Å². The minimum absolute atomic E-state index is 0.0726. The van der Waals surface area contributed by atoms with E-state index in [4.69, 9.17) is 9.79 Å². The van der Waals surface area contributed by atoms with Gasteiger partial charge < -0.3 is 20.2 Å². The maximum Gasteiger partial charge on any atom is 0.469 e. The minimum Gasteiger partial charge on any atom is -0.389 e. The summed E-state index contributed by atoms with van der Waals surface area (Å²) in [6.45, 7) is 4.01. The van der Waals surface area contributed by atoms with Crippen LogP contribution in [0, 0.1) is 5.92 Å². The number of phosphoric acid groups is 1. The summed E-state index contributed by atoms with van der Waals surface area (Å²) in [6, 6.07) is 0. The minimum atomic E-state index is -4.59. The first-order valence-corrected chi connectivity index (χ1v) is 13.4. The molecule has 1 amide bonds. The van der Waals surface area contributed by atoms with Crippen LogP contribution in [0.4, 0.5) is 0 Å². The summed E-state index contributed by atoms with van der Waals surface area (Å²) >= 11 is 0. The topological polar surface area (TPSA) is 116 Å². The van der Waals surface area contributed by atoms with Crippen LogP contribution in [-0.4, -0.2) is 40.1 Å². The number of carbonyl (C=O) groups excluding carboxylic acids is 1. The van der Waals surface area contributed by atoms with Crippen LogP contribution in [0.2, 0.25) is 0 Å². The van der Waals surface area contributed by atoms with Crippen LogP contribution in [0.15, 0.2) is 0 Å². The maximum atomic E-state index is 11.7. The van der Waals surface area contributed by atoms with Crippen LogP contribution in [-0.2, 0) is 13.9 Å². The van der Waals surface area contributed by atoms with Crippen molar-refractivity contribution < 1.29 is 28.8 Å². The van der Waals surface area contributed by atoms with Gasteiger partial charge >= 0.3 is 7.82 Å². The second-order valence-corrected chi connectivity index (χ2v) is 10.0. The van der Waals surface area contributed by atoms with Crippen molar-refractivity contribution in [1.82, 2.24) is 5.32 Å². The Labute approximate surface area is 183 Å². The molecule has 0 saturated carbocycles. The standard InChI is InChI=1S/C22H46NO6P/c1-20(2)16-14-12-10-8-6-4-3-5-7-9-11-13-15-17-22(25)23-18-21(24)19-29-30(26,27)28/h20-21,24H,3-19H2,1-2H3,(H,23,25)(H2,26,27,28). The molecule has 4 N–H and O–H groups in total. The highest BCUT2D eigenvalue weighted by atomic mass is 31.2. The fourth-order valence-electron chi connectivity index (χ4n) is 3.34. The highest BCUT2D eigenvalue weighted by molar-refractivity contribution is 7.46. The second-order valence-electron chi connectivity index (χ2n) is 8.77. The van der Waals surface area contributed by atoms with Crippen molar-refractivity contribution in [2.24, 2.45) is 5.92 Å². The van der Waals surface area contributed by atoms with Crippen molar-refractivity contribution in [1.29, 1.82) is 0 Å². The van der Waals surface area contributed by atoms with Crippen LogP contribution in [0.25, 0.3) is 0 Å². The first-order valence-electron chi connectivity index (χ1n) is 11.9. The number of aliphatic hydroxyl groups excluding tert-OH is 1. The molecule has 0 aliphatic rings. The van der Waals surface area contributed by atoms with E-state index in [-0.39, 0.29) is 12.5 Å². The van der Waals surface area contributed by atoms with Crippen molar-refractivity contribution in [2.75, 3.05) is 13.2 Å². The number of hydrogen-bond donors (Lipinski definition) is 4. The summed E-state index contributed by atoms with van der Waals surface area (Å²) in [7, 11) is -4.59. The third-order valence-corrected chi connectivity index (χ3v) is 5.64. The molecular weight excluding hydrogens is 405 g/mol. The molecule has 30 heavy (non-hydrogen) atoms. The maximum absolute atomic E-state index is 11.7. The Morgan fingerprint density at radius 1 is 0.833 bits per heavy atom. The smallest absolute Gasteiger partial charge is 0.389 e. The Morgan fingerprint density at radius 3 is 1.70 bits per heavy atom. The molecule has 0 rings (SSSR count). The van der Waals surface area contributed by atoms with Gasteiger partial charge in [0.2, 0.25) is 5.91 Å². The molecule has 0 bridgehead atoms. The van der Waals surface area contributed by atoms with Gasteiger partial charge in [0.05, 0.1) is 12.7 Å². The lowest BCUT2D eigenvalue weighted by Crippen LogP contribution is -2.34. The normalized spacial score (nSPS) is 13.0. The van der Waals surface area contributed by atoms with Crippen molar-refractivity contribution in [3.8, 4) is 0 Å². The van der Waals surface area contributed by atoms with E-state index < -0.39 is 20.5 Å². The molecule has 1 atom stereocenters. The number of carbonyl (C=O) groups is 1. The fourth-order valence-corrected chi connectivity index (χ4v) is 3.71. The summed E-state index contributed by atoms with van der Waals surface area (Å²) in [6.07, 6.45) is 17.0. The Kier molecular flexibility index (Phi) is 18.9. The van der Waals surface area contributed by atoms with Gasteiger partial charge in [0.1, 0.15) is 0 Å². The third kappa shape index (κ3) is 23.8. The van der Waals surface area contributed by atoms with Crippen LogP contribution < -0.4 is 5.32 Å². The molecule has 1 unspecified atom stereocenters. The van der Waals surface area contributed by atoms with Crippen molar-refractivity contribution in [3.63, 3.8) is 0 Å². The van der Waals surface area contributed by atoms with Gasteiger partial charge in [-0.15, -0.1) is 0 Å². The number of aliphatic hydroxyl groups is 1. The number of phosphoric ester groups is 1. The van der Waals surface area contributed by atoms with E-state index >= 15 is 0 Å². The van der Waals surface area contributed by atoms with Gasteiger partial charge in [-0.3, -0.25) is 9.32 Å². The van der Waals surface area contributed by atoms with Crippen LogP contribution in [0.1, 0.15) is 110 Å². The van der Waals surface area contributed by atoms with Crippen molar-refractivity contribution >= 4 is 13.7 Å². The Bertz CT molecular complexity index is 455. The van der Waals surface area contributed by atoms with E-state index in [9.17, 15) is 14.5 Å². The molecule has 0 radical (unpaired) electrons. The van der Waals surface area contributed by atoms with E-state index in [0.717, 1.165) is 25.2 Å². The Hall–Kier alpha value is -0.460. The first kappa shape index (κ1) is 29.5. The van der Waals surface area contributed by atoms with E-state index in [1.165, 1.54) is 70.6 Å². The zero-order valence-electron chi connectivity index (χ0n) is 19.2. The SMILES string of the molecule is CC(C)CCCCCCCCCCCCCCCC(=O)NCC(O)COP(=O)(O)O. The van der Waals surface area contributed by atoms with Gasteiger partial charge in [0, 0.05) is 13.0 Å². The summed E-state index contributed by atoms with van der Waals surface area (Å²) in [5.74, 6) is 0.681. The van der Waals surface area contributed by atoms with Gasteiger partial charge in [-0.05, 0) is 12.3 Å². The molecule has 0 fully saturated rings. The number of nitrogens with one attached hydrogen (secondary N) is 1. The van der Waals surface area contributed by atoms with Crippen LogP contribution >= 0.6 is 7.82 Å². The van der Waals surface area contributed by atoms with Crippen LogP contribution in [0.3, 0.4) is 0 Å². The lowest BCUT2D eigenvalue weighted by Gasteiger charge is -2.12. The molecule has 0 aromatic carbocycles. The van der Waals surface area contributed by atoms with Gasteiger partial charge in [-0.2, -0.15) is 0 Å². The molecule has 0 aromatic rings. The molecule has 0 aliphatic heterocycles. The van der Waals surface area contributed by atoms with E-state index in [2.05, 4.69) is 23.7 Å². The number of rotatable bonds is 21. The molecule has 0 aliphatic carbocycles. The Balaban J connectivity index is 3.30. The predicted molar refractivity (Wildman–Crippen MR) is 121 cm³/mol. The summed E-state index contributed by atoms with van der Waals surface area (Å²) in [4.78, 5) is 28.8. The highest BCUT2D eigenvalue weighted by Crippen LogP contribution is 2.35. The van der Waals surface area contributed by atoms with Gasteiger partial charge in [-0.25, -0.2) is 4.57 Å². The molecule has 0 saturated heterocycles. The molecule has 180 valence electrons. The third-order valence-electron chi connectivity index (χ3n) is 5.16. The summed E-state index contributed by atoms with van der Waals surface area (Å²) in [5, 5.41) is 12.0. The molecule has 7 nitrogen and oxygen atoms in total. The van der Waals surface area contributed by atoms with Gasteiger partial charge in [-0.1, -0.05) is 97.3 Å². The van der Waals surface area contributed by atoms with Gasteiger partial charge in [0.25, 0.3) is 0 Å². The lowest BCUT2D eigenvalue weighted by atomic mass is 10.0. The fraction of sp³-hybridized carbons (Fsp3) is 0.955. The van der Waals surface area contributed by atoms with Crippen molar-refractivity contribution in [3.05, 3.63) is 0 Å². The molecular formula is C22H46NO6P. The highest BCUT2D eigenvalue weighted by Gasteiger charge is 2.17. The molecule has 0 aromatic heterocycles. The average molecular weight is 452 g/mol. The molecule has 0 spiro atoms. The van der Waals surface area contributed by atoms with E-state index in [1.807, 2.05) is 0 Å². The number of unbranched alkanes of at least 4 members (excludes halogenated alkanes) is 12. The number of amides is 1. The summed E-state index contributed by atoms with van der Waals surface area (Å²) in [5.41, 5.74) is 0. The zero-order chi connectivity index (χ0) is 22.7. The monoisotopic (exact) mass is 451 g/mol. The first-order chi connectivity index (χ1) is 14.2. The largest absolute Gasteiger partial charge is 0.469 e. The lowest BCUT2D eigenvalue weighted by molar-refractivity contribution is -0.121. The quantitative estimate of drug-likeness (QED) is 0.143.